The van der Waals surface area contributed by atoms with E-state index < -0.39 is 79.0 Å². The Bertz CT molecular complexity index is 827. The predicted octanol–water partition coefficient (Wildman–Crippen LogP) is 1.32. The maximum Gasteiger partial charge on any atom is 0.508 e. The number of hydrogen-bond acceptors (Lipinski definition) is 11. The number of alkyl halides is 3. The summed E-state index contributed by atoms with van der Waals surface area (Å²) in [5.41, 5.74) is -10.3. The quantitative estimate of drug-likeness (QED) is 0.203. The monoisotopic (exact) mass is 472 g/mol. The molecule has 0 fully saturated rings. The van der Waals surface area contributed by atoms with E-state index in [0.29, 0.717) is 4.90 Å². The average molecular weight is 472 g/mol. The molecule has 2 atom stereocenters. The van der Waals surface area contributed by atoms with E-state index in [1.807, 2.05) is 0 Å². The van der Waals surface area contributed by atoms with Crippen LogP contribution in [-0.2, 0) is 0 Å². The minimum atomic E-state index is -5.64. The molecule has 0 saturated heterocycles. The second kappa shape index (κ2) is 8.97. The molecule has 1 aliphatic rings. The van der Waals surface area contributed by atoms with Gasteiger partial charge in [0.05, 0.1) is 23.5 Å². The van der Waals surface area contributed by atoms with E-state index >= 15 is 0 Å². The maximum absolute atomic E-state index is 13.8. The van der Waals surface area contributed by atoms with Crippen LogP contribution >= 0.6 is 11.8 Å². The number of nitrogens with zero attached hydrogens (tertiary/aromatic N) is 6. The molecule has 14 nitrogen and oxygen atoms in total. The first-order valence-corrected chi connectivity index (χ1v) is 9.36. The molecule has 0 aliphatic heterocycles. The van der Waals surface area contributed by atoms with Crippen LogP contribution in [0.4, 0.5) is 13.2 Å². The van der Waals surface area contributed by atoms with Crippen molar-refractivity contribution < 1.29 is 32.9 Å². The normalized spacial score (nSPS) is 22.3. The third kappa shape index (κ3) is 3.85. The Morgan fingerprint density at radius 3 is 1.81 bits per heavy atom. The number of hydrogen-bond donors (Lipinski definition) is 0. The van der Waals surface area contributed by atoms with Gasteiger partial charge in [-0.05, 0) is 13.1 Å². The first kappa shape index (κ1) is 26.0. The van der Waals surface area contributed by atoms with E-state index in [9.17, 15) is 53.6 Å². The van der Waals surface area contributed by atoms with Gasteiger partial charge in [0.1, 0.15) is 19.7 Å². The molecule has 1 aliphatic carbocycles. The number of thioether (sulfide) groups is 1. The number of likely N-dealkylation sites (N-methyl/N-ethyl adjacent to an activating group) is 1. The first-order valence-electron chi connectivity index (χ1n) is 8.31. The lowest BCUT2D eigenvalue weighted by Crippen LogP contribution is -2.79. The highest BCUT2D eigenvalue weighted by atomic mass is 32.2. The SMILES string of the molecule is CCN(CC)C1C([N+](=O)[O-])([N+](=O)[O-])C=C(C(F)(F)F)C(SCC#N)C1([N+](=O)[O-])[N+](=O)[O-]. The molecule has 172 valence electrons. The van der Waals surface area contributed by atoms with E-state index in [2.05, 4.69) is 0 Å². The third-order valence-electron chi connectivity index (χ3n) is 4.83. The van der Waals surface area contributed by atoms with E-state index in [1.165, 1.54) is 19.9 Å². The predicted molar refractivity (Wildman–Crippen MR) is 96.1 cm³/mol. The molecule has 2 unspecified atom stereocenters. The van der Waals surface area contributed by atoms with Gasteiger partial charge in [0.15, 0.2) is 5.25 Å². The zero-order chi connectivity index (χ0) is 24.4. The van der Waals surface area contributed by atoms with Crippen molar-refractivity contribution in [3.8, 4) is 6.07 Å². The van der Waals surface area contributed by atoms with Crippen molar-refractivity contribution in [1.82, 2.24) is 4.90 Å². The highest BCUT2D eigenvalue weighted by Gasteiger charge is 2.88. The summed E-state index contributed by atoms with van der Waals surface area (Å²) in [5.74, 6) is -0.892. The molecule has 0 aromatic carbocycles. The second-order valence-corrected chi connectivity index (χ2v) is 7.26. The zero-order valence-electron chi connectivity index (χ0n) is 15.8. The van der Waals surface area contributed by atoms with Crippen LogP contribution in [0.15, 0.2) is 11.6 Å². The van der Waals surface area contributed by atoms with Crippen molar-refractivity contribution in [3.63, 3.8) is 0 Å². The van der Waals surface area contributed by atoms with Crippen LogP contribution in [0.1, 0.15) is 13.8 Å². The summed E-state index contributed by atoms with van der Waals surface area (Å²) in [4.78, 5) is 41.2. The smallest absolute Gasteiger partial charge is 0.275 e. The second-order valence-electron chi connectivity index (χ2n) is 6.16. The summed E-state index contributed by atoms with van der Waals surface area (Å²) in [5, 5.41) is 53.7. The van der Waals surface area contributed by atoms with Crippen LogP contribution in [0.3, 0.4) is 0 Å². The van der Waals surface area contributed by atoms with Crippen LogP contribution in [0.2, 0.25) is 0 Å². The molecule has 0 amide bonds. The summed E-state index contributed by atoms with van der Waals surface area (Å²) < 4.78 is 41.3. The third-order valence-corrected chi connectivity index (χ3v) is 6.06. The fourth-order valence-corrected chi connectivity index (χ4v) is 4.76. The first-order chi connectivity index (χ1) is 14.2. The average Bonchev–Trinajstić information content (AvgIpc) is 2.64. The number of nitriles is 1. The van der Waals surface area contributed by atoms with Crippen molar-refractivity contribution in [2.45, 2.75) is 42.6 Å². The van der Waals surface area contributed by atoms with Crippen molar-refractivity contribution in [3.05, 3.63) is 52.1 Å². The Balaban J connectivity index is 4.39. The van der Waals surface area contributed by atoms with Gasteiger partial charge in [0.25, 0.3) is 6.04 Å². The highest BCUT2D eigenvalue weighted by Crippen LogP contribution is 2.51. The topological polar surface area (TPSA) is 200 Å². The van der Waals surface area contributed by atoms with Crippen LogP contribution in [0.25, 0.3) is 0 Å². The highest BCUT2D eigenvalue weighted by molar-refractivity contribution is 8.00. The Labute approximate surface area is 175 Å². The van der Waals surface area contributed by atoms with Crippen molar-refractivity contribution in [2.24, 2.45) is 0 Å². The van der Waals surface area contributed by atoms with Crippen molar-refractivity contribution >= 4 is 11.8 Å². The van der Waals surface area contributed by atoms with Crippen LogP contribution in [0, 0.1) is 51.8 Å². The fraction of sp³-hybridized carbons (Fsp3) is 0.769. The lowest BCUT2D eigenvalue weighted by atomic mass is 9.76. The van der Waals surface area contributed by atoms with E-state index in [-0.39, 0.29) is 11.8 Å². The molecule has 1 rings (SSSR count). The van der Waals surface area contributed by atoms with Gasteiger partial charge in [-0.25, -0.2) is 0 Å². The van der Waals surface area contributed by atoms with E-state index in [4.69, 9.17) is 5.26 Å². The van der Waals surface area contributed by atoms with Crippen molar-refractivity contribution in [2.75, 3.05) is 18.8 Å². The van der Waals surface area contributed by atoms with Crippen LogP contribution in [-0.4, -0.2) is 72.2 Å². The molecule has 0 aromatic heterocycles. The molecule has 0 saturated carbocycles. The summed E-state index contributed by atoms with van der Waals surface area (Å²) in [7, 11) is 0. The zero-order valence-corrected chi connectivity index (χ0v) is 16.7. The summed E-state index contributed by atoms with van der Waals surface area (Å²) in [6.07, 6.45) is -6.05. The summed E-state index contributed by atoms with van der Waals surface area (Å²) >= 11 is -0.142. The van der Waals surface area contributed by atoms with Crippen LogP contribution < -0.4 is 0 Å². The fourth-order valence-electron chi connectivity index (χ4n) is 3.59. The Hall–Kier alpha value is -3.07. The minimum absolute atomic E-state index is 0.142. The Morgan fingerprint density at radius 1 is 1.06 bits per heavy atom. The van der Waals surface area contributed by atoms with E-state index in [1.54, 1.807) is 0 Å². The van der Waals surface area contributed by atoms with Gasteiger partial charge in [0.2, 0.25) is 0 Å². The molecule has 0 bridgehead atoms. The van der Waals surface area contributed by atoms with Gasteiger partial charge in [-0.3, -0.25) is 45.4 Å². The molecular formula is C13H15F3N6O8S. The van der Waals surface area contributed by atoms with Gasteiger partial charge in [-0.1, -0.05) is 13.8 Å². The maximum atomic E-state index is 13.8. The minimum Gasteiger partial charge on any atom is -0.275 e. The van der Waals surface area contributed by atoms with Crippen molar-refractivity contribution in [1.29, 1.82) is 5.26 Å². The van der Waals surface area contributed by atoms with Gasteiger partial charge < -0.3 is 0 Å². The molecule has 0 spiro atoms. The molecule has 0 N–H and O–H groups in total. The largest absolute Gasteiger partial charge is 0.508 e. The Kier molecular flexibility index (Phi) is 7.51. The molecule has 0 aromatic rings. The molecule has 0 heterocycles. The lowest BCUT2D eigenvalue weighted by molar-refractivity contribution is -0.850. The summed E-state index contributed by atoms with van der Waals surface area (Å²) in [6.45, 7) is 1.58. The molecule has 31 heavy (non-hydrogen) atoms. The van der Waals surface area contributed by atoms with E-state index in [0.717, 1.165) is 0 Å². The molecule has 18 heteroatoms. The van der Waals surface area contributed by atoms with Gasteiger partial charge in [0, 0.05) is 0 Å². The van der Waals surface area contributed by atoms with Gasteiger partial charge >= 0.3 is 17.5 Å². The van der Waals surface area contributed by atoms with Gasteiger partial charge in [-0.15, -0.1) is 11.8 Å². The molecular weight excluding hydrogens is 457 g/mol. The summed E-state index contributed by atoms with van der Waals surface area (Å²) in [6, 6.07) is -1.47. The molecule has 0 radical (unpaired) electrons. The van der Waals surface area contributed by atoms with Crippen LogP contribution in [0.5, 0.6) is 0 Å². The number of halogens is 3. The lowest BCUT2D eigenvalue weighted by Gasteiger charge is -2.41. The van der Waals surface area contributed by atoms with Gasteiger partial charge in [-0.2, -0.15) is 18.4 Å². The number of nitro groups is 4. The number of rotatable bonds is 9. The Morgan fingerprint density at radius 2 is 1.52 bits per heavy atom. The standard InChI is InChI=1S/C13H15F3N6O8S/c1-3-18(4-2)10-11(19(23)24,20(25)26)7-8(13(14,15)16)9(31-6-5-17)12(10,21(27)28)22(29)30/h7,9-10H,3-4,6H2,1-2H3.